The van der Waals surface area contributed by atoms with Crippen molar-refractivity contribution in [2.45, 2.75) is 129 Å². The smallest absolute Gasteiger partial charge is 0.434 e. The van der Waals surface area contributed by atoms with Crippen molar-refractivity contribution in [3.8, 4) is 27.6 Å². The summed E-state index contributed by atoms with van der Waals surface area (Å²) < 4.78 is 54.2. The molecule has 2 saturated heterocycles. The number of carbonyl (C=O) groups excluding carboxylic acids is 2. The molecular formula is C38H52F3N7O4S. The average Bonchev–Trinajstić information content (AvgIpc) is 3.54. The molecule has 2 amide bonds. The molecular weight excluding hydrogens is 708 g/mol. The van der Waals surface area contributed by atoms with Gasteiger partial charge in [-0.15, -0.1) is 11.3 Å². The molecule has 0 atom stereocenters. The van der Waals surface area contributed by atoms with E-state index in [1.54, 1.807) is 13.0 Å². The number of thiazole rings is 1. The van der Waals surface area contributed by atoms with E-state index in [0.29, 0.717) is 43.4 Å². The van der Waals surface area contributed by atoms with Gasteiger partial charge in [-0.1, -0.05) is 0 Å². The second-order valence-corrected chi connectivity index (χ2v) is 17.5. The minimum absolute atomic E-state index is 0.0324. The molecule has 2 aliphatic heterocycles. The predicted molar refractivity (Wildman–Crippen MR) is 200 cm³/mol. The quantitative estimate of drug-likeness (QED) is 0.219. The van der Waals surface area contributed by atoms with Gasteiger partial charge in [0.1, 0.15) is 23.0 Å². The monoisotopic (exact) mass is 759 g/mol. The first-order chi connectivity index (χ1) is 24.4. The lowest BCUT2D eigenvalue weighted by atomic mass is 9.78. The Morgan fingerprint density at radius 3 is 1.94 bits per heavy atom. The van der Waals surface area contributed by atoms with Crippen molar-refractivity contribution in [3.05, 3.63) is 41.2 Å². The van der Waals surface area contributed by atoms with Crippen molar-refractivity contribution in [1.29, 1.82) is 0 Å². The number of hydrogen-bond donors (Lipinski definition) is 2. The Labute approximate surface area is 314 Å². The van der Waals surface area contributed by atoms with Crippen LogP contribution in [0.3, 0.4) is 0 Å². The molecule has 3 aromatic rings. The minimum Gasteiger partial charge on any atom is -0.474 e. The van der Waals surface area contributed by atoms with E-state index in [1.807, 2.05) is 0 Å². The van der Waals surface area contributed by atoms with Crippen LogP contribution >= 0.6 is 11.3 Å². The van der Waals surface area contributed by atoms with Gasteiger partial charge in [-0.3, -0.25) is 15.1 Å². The number of nitrogens with one attached hydrogen (secondary N) is 2. The van der Waals surface area contributed by atoms with E-state index in [0.717, 1.165) is 16.7 Å². The normalized spacial score (nSPS) is 20.5. The van der Waals surface area contributed by atoms with Crippen LogP contribution in [0.15, 0.2) is 29.9 Å². The number of urea groups is 1. The van der Waals surface area contributed by atoms with Crippen LogP contribution in [0, 0.1) is 0 Å². The van der Waals surface area contributed by atoms with Gasteiger partial charge in [-0.05, 0) is 88.5 Å². The van der Waals surface area contributed by atoms with Gasteiger partial charge in [-0.25, -0.2) is 24.5 Å². The Balaban J connectivity index is 1.62. The molecule has 3 aromatic heterocycles. The summed E-state index contributed by atoms with van der Waals surface area (Å²) in [7, 11) is 4.16. The number of esters is 1. The standard InChI is InChI=1S/C38H52F3N7O4S/c1-12-42-33(50)46-29-14-26(31-45-28(21-53-31)38(39,40)41)27(20-43-29)25-13-22(32(49)52-24-17-36(6,7)48(11)37(8,9)18-24)19-44-30(25)51-23-15-34(2,3)47(10)35(4,5)16-23/h13-14,19-21,23-24H,12,15-18H2,1-11H3,(H2,42,43,46,50). The third-order valence-electron chi connectivity index (χ3n) is 11.0. The summed E-state index contributed by atoms with van der Waals surface area (Å²) in [5.41, 5.74) is -0.907. The van der Waals surface area contributed by atoms with Gasteiger partial charge < -0.3 is 14.8 Å². The van der Waals surface area contributed by atoms with E-state index < -0.39 is 23.9 Å². The Bertz CT molecular complexity index is 1810. The second kappa shape index (κ2) is 14.4. The number of rotatable bonds is 8. The van der Waals surface area contributed by atoms with Gasteiger partial charge in [-0.2, -0.15) is 13.2 Å². The number of ether oxygens (including phenoxy) is 2. The van der Waals surface area contributed by atoms with Gasteiger partial charge in [0.25, 0.3) is 0 Å². The molecule has 0 unspecified atom stereocenters. The SMILES string of the molecule is CCNC(=O)Nc1cc(-c2nc(C(F)(F)F)cs2)c(-c2cc(C(=O)OC3CC(C)(C)N(C)C(C)(C)C3)cnc2OC2CC(C)(C)N(C)C(C)(C)C2)cn1. The zero-order chi connectivity index (χ0) is 39.3. The largest absolute Gasteiger partial charge is 0.474 e. The Morgan fingerprint density at radius 2 is 1.42 bits per heavy atom. The molecule has 0 radical (unpaired) electrons. The first-order valence-corrected chi connectivity index (χ1v) is 18.8. The zero-order valence-corrected chi connectivity index (χ0v) is 33.3. The van der Waals surface area contributed by atoms with Gasteiger partial charge in [0.05, 0.1) is 5.56 Å². The molecule has 11 nitrogen and oxygen atoms in total. The van der Waals surface area contributed by atoms with Crippen LogP contribution in [0.25, 0.3) is 21.7 Å². The van der Waals surface area contributed by atoms with Gasteiger partial charge in [0.15, 0.2) is 5.69 Å². The van der Waals surface area contributed by atoms with E-state index in [-0.39, 0.29) is 62.2 Å². The highest BCUT2D eigenvalue weighted by atomic mass is 32.1. The molecule has 0 spiro atoms. The highest BCUT2D eigenvalue weighted by molar-refractivity contribution is 7.13. The van der Waals surface area contributed by atoms with Crippen LogP contribution in [-0.4, -0.2) is 91.8 Å². The number of anilines is 1. The number of nitrogens with zero attached hydrogens (tertiary/aromatic N) is 5. The lowest BCUT2D eigenvalue weighted by Crippen LogP contribution is -2.60. The van der Waals surface area contributed by atoms with Crippen LogP contribution in [0.1, 0.15) is 104 Å². The maximum atomic E-state index is 13.9. The molecule has 0 aromatic carbocycles. The number of likely N-dealkylation sites (tertiary alicyclic amines) is 2. The van der Waals surface area contributed by atoms with E-state index >= 15 is 0 Å². The molecule has 5 heterocycles. The van der Waals surface area contributed by atoms with Crippen LogP contribution in [0.2, 0.25) is 0 Å². The van der Waals surface area contributed by atoms with Crippen molar-refractivity contribution in [3.63, 3.8) is 0 Å². The second-order valence-electron chi connectivity index (χ2n) is 16.7. The molecule has 0 bridgehead atoms. The third-order valence-corrected chi connectivity index (χ3v) is 11.9. The summed E-state index contributed by atoms with van der Waals surface area (Å²) in [6, 6.07) is 2.52. The van der Waals surface area contributed by atoms with Crippen LogP contribution in [0.5, 0.6) is 5.88 Å². The van der Waals surface area contributed by atoms with E-state index in [4.69, 9.17) is 9.47 Å². The van der Waals surface area contributed by atoms with Crippen LogP contribution in [0.4, 0.5) is 23.8 Å². The van der Waals surface area contributed by atoms with Crippen molar-refractivity contribution in [1.82, 2.24) is 30.1 Å². The number of pyridine rings is 2. The molecule has 0 aliphatic carbocycles. The number of hydrogen-bond acceptors (Lipinski definition) is 10. The van der Waals surface area contributed by atoms with Crippen molar-refractivity contribution < 1.29 is 32.2 Å². The Hall–Kier alpha value is -3.82. The molecule has 5 rings (SSSR count). The van der Waals surface area contributed by atoms with Gasteiger partial charge in [0.2, 0.25) is 5.88 Å². The minimum atomic E-state index is -4.67. The topological polar surface area (TPSA) is 122 Å². The third kappa shape index (κ3) is 8.78. The number of alkyl halides is 3. The highest BCUT2D eigenvalue weighted by Gasteiger charge is 2.46. The summed E-state index contributed by atoms with van der Waals surface area (Å²) in [6.07, 6.45) is 0.117. The van der Waals surface area contributed by atoms with Gasteiger partial charge >= 0.3 is 18.2 Å². The molecule has 290 valence electrons. The summed E-state index contributed by atoms with van der Waals surface area (Å²) in [5.74, 6) is -0.300. The zero-order valence-electron chi connectivity index (χ0n) is 32.5. The molecule has 2 aliphatic rings. The summed E-state index contributed by atoms with van der Waals surface area (Å²) >= 11 is 0.801. The van der Waals surface area contributed by atoms with E-state index in [1.165, 1.54) is 18.5 Å². The fourth-order valence-electron chi connectivity index (χ4n) is 7.72. The van der Waals surface area contributed by atoms with Crippen molar-refractivity contribution >= 4 is 29.2 Å². The predicted octanol–water partition coefficient (Wildman–Crippen LogP) is 8.27. The molecule has 53 heavy (non-hydrogen) atoms. The Morgan fingerprint density at radius 1 is 0.849 bits per heavy atom. The molecule has 15 heteroatoms. The Kier molecular flexibility index (Phi) is 11.0. The number of aromatic nitrogens is 3. The average molecular weight is 760 g/mol. The van der Waals surface area contributed by atoms with Gasteiger partial charge in [0, 0.05) is 88.8 Å². The van der Waals surface area contributed by atoms with E-state index in [9.17, 15) is 22.8 Å². The fourth-order valence-corrected chi connectivity index (χ4v) is 8.57. The number of amides is 2. The summed E-state index contributed by atoms with van der Waals surface area (Å²) in [6.45, 7) is 19.2. The number of halogens is 3. The van der Waals surface area contributed by atoms with Crippen LogP contribution < -0.4 is 15.4 Å². The fraction of sp³-hybridized carbons (Fsp3) is 0.605. The maximum absolute atomic E-state index is 13.9. The van der Waals surface area contributed by atoms with Crippen LogP contribution in [-0.2, 0) is 10.9 Å². The van der Waals surface area contributed by atoms with Crippen molar-refractivity contribution in [2.24, 2.45) is 0 Å². The number of piperidine rings is 2. The number of carbonyl (C=O) groups is 2. The first kappa shape index (κ1) is 40.4. The summed E-state index contributed by atoms with van der Waals surface area (Å²) in [4.78, 5) is 44.0. The highest BCUT2D eigenvalue weighted by Crippen LogP contribution is 2.44. The lowest BCUT2D eigenvalue weighted by Gasteiger charge is -2.53. The molecule has 0 saturated carbocycles. The first-order valence-electron chi connectivity index (χ1n) is 17.9. The molecule has 2 fully saturated rings. The van der Waals surface area contributed by atoms with Crippen molar-refractivity contribution in [2.75, 3.05) is 26.0 Å². The lowest BCUT2D eigenvalue weighted by molar-refractivity contribution is -0.140. The maximum Gasteiger partial charge on any atom is 0.434 e. The molecule has 2 N–H and O–H groups in total. The summed E-state index contributed by atoms with van der Waals surface area (Å²) in [5, 5.41) is 6.22. The van der Waals surface area contributed by atoms with E-state index in [2.05, 4.69) is 105 Å².